The molecule has 0 unspecified atom stereocenters. The second-order valence-electron chi connectivity index (χ2n) is 6.95. The van der Waals surface area contributed by atoms with Crippen molar-refractivity contribution in [1.29, 1.82) is 0 Å². The van der Waals surface area contributed by atoms with E-state index in [0.29, 0.717) is 18.8 Å². The van der Waals surface area contributed by atoms with Crippen LogP contribution in [0.3, 0.4) is 0 Å². The average molecular weight is 399 g/mol. The second kappa shape index (κ2) is 10.2. The van der Waals surface area contributed by atoms with Gasteiger partial charge in [-0.3, -0.25) is 4.79 Å². The van der Waals surface area contributed by atoms with Crippen molar-refractivity contribution in [2.75, 3.05) is 46.4 Å². The van der Waals surface area contributed by atoms with Gasteiger partial charge in [0.05, 0.1) is 13.7 Å². The van der Waals surface area contributed by atoms with Gasteiger partial charge < -0.3 is 24.0 Å². The van der Waals surface area contributed by atoms with Crippen LogP contribution in [0, 0.1) is 0 Å². The highest BCUT2D eigenvalue weighted by molar-refractivity contribution is 5.94. The Hall–Kier alpha value is -2.73. The third kappa shape index (κ3) is 5.41. The molecule has 0 N–H and O–H groups in total. The molecular formula is C23H30N2O4. The number of carbonyl (C=O) groups is 1. The third-order valence-electron chi connectivity index (χ3n) is 5.17. The molecule has 6 nitrogen and oxygen atoms in total. The minimum Gasteiger partial charge on any atom is -0.497 e. The summed E-state index contributed by atoms with van der Waals surface area (Å²) in [6, 6.07) is 13.0. The van der Waals surface area contributed by atoms with Gasteiger partial charge in [0.25, 0.3) is 5.91 Å². The Morgan fingerprint density at radius 2 is 1.62 bits per heavy atom. The van der Waals surface area contributed by atoms with E-state index < -0.39 is 0 Å². The number of amides is 1. The highest BCUT2D eigenvalue weighted by atomic mass is 16.5. The van der Waals surface area contributed by atoms with Crippen molar-refractivity contribution in [3.63, 3.8) is 0 Å². The van der Waals surface area contributed by atoms with Crippen LogP contribution in [-0.2, 0) is 6.61 Å². The lowest BCUT2D eigenvalue weighted by molar-refractivity contribution is 0.0643. The molecule has 0 aliphatic carbocycles. The van der Waals surface area contributed by atoms with Crippen LogP contribution in [0.5, 0.6) is 17.2 Å². The summed E-state index contributed by atoms with van der Waals surface area (Å²) in [7, 11) is 1.63. The molecule has 2 aromatic rings. The SMILES string of the molecule is CCOc1ccc(C(=O)N2CCN(CC)CC2)cc1COc1ccc(OC)cc1. The first-order valence-electron chi connectivity index (χ1n) is 10.2. The molecule has 2 aromatic carbocycles. The molecular weight excluding hydrogens is 368 g/mol. The summed E-state index contributed by atoms with van der Waals surface area (Å²) in [5, 5.41) is 0. The Morgan fingerprint density at radius 1 is 0.931 bits per heavy atom. The first kappa shape index (κ1) is 21.0. The molecule has 29 heavy (non-hydrogen) atoms. The molecule has 1 aliphatic heterocycles. The molecule has 0 aromatic heterocycles. The van der Waals surface area contributed by atoms with Gasteiger partial charge in [0.2, 0.25) is 0 Å². The molecule has 0 atom stereocenters. The number of likely N-dealkylation sites (N-methyl/N-ethyl adjacent to an activating group) is 1. The molecule has 3 rings (SSSR count). The molecule has 0 radical (unpaired) electrons. The summed E-state index contributed by atoms with van der Waals surface area (Å²) in [6.07, 6.45) is 0. The maximum Gasteiger partial charge on any atom is 0.253 e. The zero-order valence-corrected chi connectivity index (χ0v) is 17.5. The largest absolute Gasteiger partial charge is 0.497 e. The Bertz CT molecular complexity index is 799. The summed E-state index contributed by atoms with van der Waals surface area (Å²) in [6.45, 7) is 9.38. The smallest absolute Gasteiger partial charge is 0.253 e. The number of benzene rings is 2. The molecule has 6 heteroatoms. The Labute approximate surface area is 173 Å². The maximum atomic E-state index is 13.0. The third-order valence-corrected chi connectivity index (χ3v) is 5.17. The van der Waals surface area contributed by atoms with E-state index in [2.05, 4.69) is 11.8 Å². The topological polar surface area (TPSA) is 51.2 Å². The molecule has 1 fully saturated rings. The molecule has 1 heterocycles. The van der Waals surface area contributed by atoms with Crippen molar-refractivity contribution in [1.82, 2.24) is 9.80 Å². The highest BCUT2D eigenvalue weighted by Gasteiger charge is 2.22. The molecule has 1 amide bonds. The predicted molar refractivity (Wildman–Crippen MR) is 113 cm³/mol. The Morgan fingerprint density at radius 3 is 2.24 bits per heavy atom. The van der Waals surface area contributed by atoms with Gasteiger partial charge in [-0.2, -0.15) is 0 Å². The summed E-state index contributed by atoms with van der Waals surface area (Å²) in [5.74, 6) is 2.33. The monoisotopic (exact) mass is 398 g/mol. The first-order chi connectivity index (χ1) is 14.1. The molecule has 0 saturated carbocycles. The number of carbonyl (C=O) groups excluding carboxylic acids is 1. The molecule has 0 spiro atoms. The zero-order chi connectivity index (χ0) is 20.6. The second-order valence-corrected chi connectivity index (χ2v) is 6.95. The van der Waals surface area contributed by atoms with E-state index in [1.165, 1.54) is 0 Å². The van der Waals surface area contributed by atoms with E-state index in [-0.39, 0.29) is 5.91 Å². The lowest BCUT2D eigenvalue weighted by Gasteiger charge is -2.34. The number of nitrogens with zero attached hydrogens (tertiary/aromatic N) is 2. The molecule has 0 bridgehead atoms. The zero-order valence-electron chi connectivity index (χ0n) is 17.5. The van der Waals surface area contributed by atoms with Crippen LogP contribution in [0.4, 0.5) is 0 Å². The van der Waals surface area contributed by atoms with Crippen molar-refractivity contribution < 1.29 is 19.0 Å². The van der Waals surface area contributed by atoms with Crippen molar-refractivity contribution in [2.45, 2.75) is 20.5 Å². The standard InChI is InChI=1S/C23H30N2O4/c1-4-24-12-14-25(15-13-24)23(26)18-6-11-22(28-5-2)19(16-18)17-29-21-9-7-20(27-3)8-10-21/h6-11,16H,4-5,12-15,17H2,1-3H3. The molecule has 1 saturated heterocycles. The quantitative estimate of drug-likeness (QED) is 0.682. The summed E-state index contributed by atoms with van der Waals surface area (Å²) >= 11 is 0. The van der Waals surface area contributed by atoms with Crippen molar-refractivity contribution >= 4 is 5.91 Å². The number of hydrogen-bond donors (Lipinski definition) is 0. The number of piperazine rings is 1. The number of rotatable bonds is 8. The van der Waals surface area contributed by atoms with Gasteiger partial charge in [-0.15, -0.1) is 0 Å². The normalized spacial score (nSPS) is 14.5. The van der Waals surface area contributed by atoms with E-state index in [0.717, 1.165) is 55.5 Å². The van der Waals surface area contributed by atoms with E-state index in [4.69, 9.17) is 14.2 Å². The number of hydrogen-bond acceptors (Lipinski definition) is 5. The van der Waals surface area contributed by atoms with Crippen molar-refractivity contribution in [2.24, 2.45) is 0 Å². The fraction of sp³-hybridized carbons (Fsp3) is 0.435. The Kier molecular flexibility index (Phi) is 7.36. The van der Waals surface area contributed by atoms with Crippen LogP contribution in [-0.4, -0.2) is 62.1 Å². The number of methoxy groups -OCH3 is 1. The first-order valence-corrected chi connectivity index (χ1v) is 10.2. The van der Waals surface area contributed by atoms with Gasteiger partial charge in [0, 0.05) is 37.3 Å². The maximum absolute atomic E-state index is 13.0. The molecule has 1 aliphatic rings. The van der Waals surface area contributed by atoms with E-state index >= 15 is 0 Å². The lowest BCUT2D eigenvalue weighted by atomic mass is 10.1. The van der Waals surface area contributed by atoms with Crippen LogP contribution >= 0.6 is 0 Å². The minimum absolute atomic E-state index is 0.0644. The minimum atomic E-state index is 0.0644. The van der Waals surface area contributed by atoms with Crippen LogP contribution in [0.1, 0.15) is 29.8 Å². The van der Waals surface area contributed by atoms with E-state index in [9.17, 15) is 4.79 Å². The van der Waals surface area contributed by atoms with Gasteiger partial charge in [-0.05, 0) is 55.9 Å². The average Bonchev–Trinajstić information content (AvgIpc) is 2.78. The van der Waals surface area contributed by atoms with Gasteiger partial charge in [-0.25, -0.2) is 0 Å². The molecule has 156 valence electrons. The van der Waals surface area contributed by atoms with Gasteiger partial charge in [-0.1, -0.05) is 6.92 Å². The van der Waals surface area contributed by atoms with Crippen LogP contribution in [0.25, 0.3) is 0 Å². The fourth-order valence-corrected chi connectivity index (χ4v) is 3.40. The summed E-state index contributed by atoms with van der Waals surface area (Å²) in [5.41, 5.74) is 1.53. The Balaban J connectivity index is 1.71. The van der Waals surface area contributed by atoms with E-state index in [1.54, 1.807) is 7.11 Å². The van der Waals surface area contributed by atoms with Crippen molar-refractivity contribution in [3.05, 3.63) is 53.6 Å². The summed E-state index contributed by atoms with van der Waals surface area (Å²) in [4.78, 5) is 17.3. The van der Waals surface area contributed by atoms with Crippen LogP contribution in [0.2, 0.25) is 0 Å². The van der Waals surface area contributed by atoms with Crippen molar-refractivity contribution in [3.8, 4) is 17.2 Å². The fourth-order valence-electron chi connectivity index (χ4n) is 3.40. The summed E-state index contributed by atoms with van der Waals surface area (Å²) < 4.78 is 16.8. The van der Waals surface area contributed by atoms with Gasteiger partial charge in [0.1, 0.15) is 23.9 Å². The lowest BCUT2D eigenvalue weighted by Crippen LogP contribution is -2.48. The van der Waals surface area contributed by atoms with E-state index in [1.807, 2.05) is 54.3 Å². The van der Waals surface area contributed by atoms with Gasteiger partial charge >= 0.3 is 0 Å². The number of ether oxygens (including phenoxy) is 3. The van der Waals surface area contributed by atoms with Crippen LogP contribution < -0.4 is 14.2 Å². The predicted octanol–water partition coefficient (Wildman–Crippen LogP) is 3.45. The van der Waals surface area contributed by atoms with Gasteiger partial charge in [0.15, 0.2) is 0 Å². The highest BCUT2D eigenvalue weighted by Crippen LogP contribution is 2.25. The van der Waals surface area contributed by atoms with Crippen LogP contribution in [0.15, 0.2) is 42.5 Å².